The summed E-state index contributed by atoms with van der Waals surface area (Å²) >= 11 is 5.84. The predicted molar refractivity (Wildman–Crippen MR) is 68.5 cm³/mol. The Morgan fingerprint density at radius 2 is 2.39 bits per heavy atom. The van der Waals surface area contributed by atoms with Gasteiger partial charge in [-0.1, -0.05) is 17.5 Å². The van der Waals surface area contributed by atoms with Crippen molar-refractivity contribution < 1.29 is 10.2 Å². The van der Waals surface area contributed by atoms with Crippen molar-refractivity contribution in [1.82, 2.24) is 9.78 Å². The van der Waals surface area contributed by atoms with E-state index in [-0.39, 0.29) is 23.8 Å². The summed E-state index contributed by atoms with van der Waals surface area (Å²) in [4.78, 5) is 11.9. The minimum Gasteiger partial charge on any atom is -0.393 e. The van der Waals surface area contributed by atoms with E-state index in [1.165, 1.54) is 13.1 Å². The van der Waals surface area contributed by atoms with Gasteiger partial charge in [0.25, 0.3) is 5.56 Å². The van der Waals surface area contributed by atoms with Gasteiger partial charge in [-0.3, -0.25) is 4.79 Å². The highest BCUT2D eigenvalue weighted by molar-refractivity contribution is 6.32. The lowest BCUT2D eigenvalue weighted by Gasteiger charge is -2.21. The first-order valence-corrected chi connectivity index (χ1v) is 5.55. The standard InChI is InChI=1S/C11H14ClN3O3/c1-3-4-15-10(17)9(8(12)5-14-15)13-6-11(2,18)7-16/h1,5,13,16,18H,4,6-7H2,2H3. The normalized spacial score (nSPS) is 13.7. The molecule has 1 aromatic rings. The van der Waals surface area contributed by atoms with Crippen molar-refractivity contribution in [3.8, 4) is 12.3 Å². The third kappa shape index (κ3) is 3.47. The number of hydrogen-bond acceptors (Lipinski definition) is 5. The van der Waals surface area contributed by atoms with Crippen LogP contribution in [0.15, 0.2) is 11.0 Å². The summed E-state index contributed by atoms with van der Waals surface area (Å²) in [7, 11) is 0. The molecule has 0 aromatic carbocycles. The van der Waals surface area contributed by atoms with Crippen molar-refractivity contribution >= 4 is 17.3 Å². The van der Waals surface area contributed by atoms with E-state index in [2.05, 4.69) is 16.3 Å². The molecule has 0 spiro atoms. The first kappa shape index (κ1) is 14.5. The number of aromatic nitrogens is 2. The zero-order valence-electron chi connectivity index (χ0n) is 9.85. The molecule has 1 aromatic heterocycles. The van der Waals surface area contributed by atoms with Crippen LogP contribution in [0, 0.1) is 12.3 Å². The molecule has 6 nitrogen and oxygen atoms in total. The van der Waals surface area contributed by atoms with Gasteiger partial charge in [-0.25, -0.2) is 4.68 Å². The summed E-state index contributed by atoms with van der Waals surface area (Å²) in [5.74, 6) is 2.30. The van der Waals surface area contributed by atoms with Crippen molar-refractivity contribution in [1.29, 1.82) is 0 Å². The highest BCUT2D eigenvalue weighted by Gasteiger charge is 2.20. The third-order valence-electron chi connectivity index (χ3n) is 2.23. The minimum absolute atomic E-state index is 0.0288. The monoisotopic (exact) mass is 271 g/mol. The van der Waals surface area contributed by atoms with Crippen molar-refractivity contribution in [3.05, 3.63) is 21.6 Å². The van der Waals surface area contributed by atoms with Gasteiger partial charge in [0.1, 0.15) is 17.8 Å². The van der Waals surface area contributed by atoms with Gasteiger partial charge in [0, 0.05) is 6.54 Å². The highest BCUT2D eigenvalue weighted by Crippen LogP contribution is 2.16. The number of nitrogens with one attached hydrogen (secondary N) is 1. The molecule has 0 fully saturated rings. The second-order valence-electron chi connectivity index (χ2n) is 4.04. The molecule has 98 valence electrons. The van der Waals surface area contributed by atoms with Crippen LogP contribution in [0.2, 0.25) is 5.02 Å². The molecule has 1 rings (SSSR count). The van der Waals surface area contributed by atoms with Crippen LogP contribution in [0.25, 0.3) is 0 Å². The van der Waals surface area contributed by atoms with E-state index in [1.807, 2.05) is 0 Å². The maximum Gasteiger partial charge on any atom is 0.292 e. The van der Waals surface area contributed by atoms with E-state index in [1.54, 1.807) is 0 Å². The maximum absolute atomic E-state index is 11.9. The molecule has 0 aliphatic heterocycles. The Morgan fingerprint density at radius 1 is 1.72 bits per heavy atom. The van der Waals surface area contributed by atoms with E-state index in [9.17, 15) is 9.90 Å². The number of hydrogen-bond donors (Lipinski definition) is 3. The minimum atomic E-state index is -1.35. The molecule has 18 heavy (non-hydrogen) atoms. The van der Waals surface area contributed by atoms with Crippen LogP contribution in [0.4, 0.5) is 5.69 Å². The van der Waals surface area contributed by atoms with Crippen molar-refractivity contribution in [2.45, 2.75) is 19.1 Å². The smallest absolute Gasteiger partial charge is 0.292 e. The zero-order chi connectivity index (χ0) is 13.8. The third-order valence-corrected chi connectivity index (χ3v) is 2.51. The molecule has 0 aliphatic rings. The second kappa shape index (κ2) is 5.87. The van der Waals surface area contributed by atoms with Crippen molar-refractivity contribution in [2.75, 3.05) is 18.5 Å². The Kier molecular flexibility index (Phi) is 4.73. The van der Waals surface area contributed by atoms with Gasteiger partial charge >= 0.3 is 0 Å². The SMILES string of the molecule is C#CCn1ncc(Cl)c(NCC(C)(O)CO)c1=O. The van der Waals surface area contributed by atoms with Gasteiger partial charge < -0.3 is 15.5 Å². The Hall–Kier alpha value is -1.55. The van der Waals surface area contributed by atoms with E-state index >= 15 is 0 Å². The fourth-order valence-corrected chi connectivity index (χ4v) is 1.35. The summed E-state index contributed by atoms with van der Waals surface area (Å²) in [5.41, 5.74) is -1.74. The molecule has 0 amide bonds. The quantitative estimate of drug-likeness (QED) is 0.639. The number of rotatable bonds is 5. The molecule has 0 saturated carbocycles. The lowest BCUT2D eigenvalue weighted by molar-refractivity contribution is 0.0132. The molecule has 1 heterocycles. The molecule has 0 aliphatic carbocycles. The van der Waals surface area contributed by atoms with Gasteiger partial charge in [0.2, 0.25) is 0 Å². The summed E-state index contributed by atoms with van der Waals surface area (Å²) in [5, 5.41) is 25.1. The predicted octanol–water partition coefficient (Wildman–Crippen LogP) is -0.315. The van der Waals surface area contributed by atoms with Crippen molar-refractivity contribution in [3.63, 3.8) is 0 Å². The van der Waals surface area contributed by atoms with Gasteiger partial charge in [0.15, 0.2) is 0 Å². The number of nitrogens with zero attached hydrogens (tertiary/aromatic N) is 2. The number of terminal acetylenes is 1. The summed E-state index contributed by atoms with van der Waals surface area (Å²) in [6, 6.07) is 0. The van der Waals surface area contributed by atoms with Crippen LogP contribution in [0.3, 0.4) is 0 Å². The Morgan fingerprint density at radius 3 is 2.94 bits per heavy atom. The fraction of sp³-hybridized carbons (Fsp3) is 0.455. The first-order valence-electron chi connectivity index (χ1n) is 5.17. The molecular formula is C11H14ClN3O3. The first-order chi connectivity index (χ1) is 8.41. The topological polar surface area (TPSA) is 87.4 Å². The fourth-order valence-electron chi connectivity index (χ4n) is 1.16. The van der Waals surface area contributed by atoms with Crippen molar-refractivity contribution in [2.24, 2.45) is 0 Å². The van der Waals surface area contributed by atoms with Crippen LogP contribution in [0.5, 0.6) is 0 Å². The maximum atomic E-state index is 11.9. The van der Waals surface area contributed by atoms with Crippen LogP contribution < -0.4 is 10.9 Å². The second-order valence-corrected chi connectivity index (χ2v) is 4.45. The lowest BCUT2D eigenvalue weighted by atomic mass is 10.1. The van der Waals surface area contributed by atoms with Crippen LogP contribution in [-0.2, 0) is 6.54 Å². The molecule has 7 heteroatoms. The Bertz CT molecular complexity index is 519. The van der Waals surface area contributed by atoms with Crippen LogP contribution in [-0.4, -0.2) is 38.7 Å². The van der Waals surface area contributed by atoms with Gasteiger partial charge in [-0.2, -0.15) is 5.10 Å². The van der Waals surface area contributed by atoms with E-state index in [0.717, 1.165) is 4.68 Å². The molecule has 0 saturated heterocycles. The molecule has 3 N–H and O–H groups in total. The van der Waals surface area contributed by atoms with E-state index in [4.69, 9.17) is 23.1 Å². The number of aliphatic hydroxyl groups excluding tert-OH is 1. The number of anilines is 1. The lowest BCUT2D eigenvalue weighted by Crippen LogP contribution is -2.39. The van der Waals surface area contributed by atoms with Gasteiger partial charge in [-0.15, -0.1) is 6.42 Å². The summed E-state index contributed by atoms with van der Waals surface area (Å²) < 4.78 is 1.07. The molecule has 1 unspecified atom stereocenters. The highest BCUT2D eigenvalue weighted by atomic mass is 35.5. The number of halogens is 1. The molecule has 1 atom stereocenters. The largest absolute Gasteiger partial charge is 0.393 e. The Labute approximate surface area is 109 Å². The summed E-state index contributed by atoms with van der Waals surface area (Å²) in [6.45, 7) is 0.982. The van der Waals surface area contributed by atoms with Gasteiger partial charge in [-0.05, 0) is 6.92 Å². The Balaban J connectivity index is 2.99. The number of aliphatic hydroxyl groups is 2. The summed E-state index contributed by atoms with van der Waals surface area (Å²) in [6.07, 6.45) is 6.39. The van der Waals surface area contributed by atoms with E-state index in [0.29, 0.717) is 0 Å². The van der Waals surface area contributed by atoms with Crippen LogP contribution in [0.1, 0.15) is 6.92 Å². The van der Waals surface area contributed by atoms with Crippen LogP contribution >= 0.6 is 11.6 Å². The average Bonchev–Trinajstić information content (AvgIpc) is 2.33. The molecule has 0 bridgehead atoms. The van der Waals surface area contributed by atoms with Gasteiger partial charge in [0.05, 0.1) is 17.8 Å². The molecule has 0 radical (unpaired) electrons. The molecular weight excluding hydrogens is 258 g/mol. The zero-order valence-corrected chi connectivity index (χ0v) is 10.6. The van der Waals surface area contributed by atoms with E-state index < -0.39 is 17.8 Å². The average molecular weight is 272 g/mol.